The zero-order valence-electron chi connectivity index (χ0n) is 12.3. The third kappa shape index (κ3) is 4.74. The van der Waals surface area contributed by atoms with Gasteiger partial charge in [-0.25, -0.2) is 8.42 Å². The molecule has 2 rings (SSSR count). The maximum absolute atomic E-state index is 12.3. The number of rotatable bonds is 7. The van der Waals surface area contributed by atoms with E-state index in [0.717, 1.165) is 17.3 Å². The van der Waals surface area contributed by atoms with Crippen LogP contribution in [0.15, 0.2) is 57.9 Å². The summed E-state index contributed by atoms with van der Waals surface area (Å²) in [6.45, 7) is 2.73. The van der Waals surface area contributed by atoms with Crippen LogP contribution in [0.1, 0.15) is 19.8 Å². The standard InChI is InChI=1S/C16H18BrNO3S/c1-2-3-12-21-15-8-10-16(11-9-15)22(19,20)18-14-6-4-13(17)5-7-14/h4-11,18H,2-3,12H2,1H3. The number of anilines is 1. The van der Waals surface area contributed by atoms with E-state index in [9.17, 15) is 8.42 Å². The molecule has 2 aromatic carbocycles. The molecule has 0 saturated heterocycles. The Bertz CT molecular complexity index is 697. The first-order valence-corrected chi connectivity index (χ1v) is 9.30. The van der Waals surface area contributed by atoms with Gasteiger partial charge >= 0.3 is 0 Å². The van der Waals surface area contributed by atoms with E-state index in [2.05, 4.69) is 27.6 Å². The number of hydrogen-bond donors (Lipinski definition) is 1. The molecular weight excluding hydrogens is 366 g/mol. The summed E-state index contributed by atoms with van der Waals surface area (Å²) in [5.74, 6) is 0.677. The third-order valence-corrected chi connectivity index (χ3v) is 4.92. The fraction of sp³-hybridized carbons (Fsp3) is 0.250. The van der Waals surface area contributed by atoms with Crippen molar-refractivity contribution < 1.29 is 13.2 Å². The molecule has 2 aromatic rings. The minimum atomic E-state index is -3.59. The Kier molecular flexibility index (Phi) is 5.85. The van der Waals surface area contributed by atoms with E-state index in [1.807, 2.05) is 0 Å². The van der Waals surface area contributed by atoms with Crippen molar-refractivity contribution in [2.24, 2.45) is 0 Å². The molecule has 6 heteroatoms. The highest BCUT2D eigenvalue weighted by molar-refractivity contribution is 9.10. The monoisotopic (exact) mass is 383 g/mol. The van der Waals surface area contributed by atoms with E-state index in [-0.39, 0.29) is 4.90 Å². The molecule has 0 radical (unpaired) electrons. The van der Waals surface area contributed by atoms with Gasteiger partial charge in [0.1, 0.15) is 5.75 Å². The van der Waals surface area contributed by atoms with Gasteiger partial charge in [-0.1, -0.05) is 29.3 Å². The largest absolute Gasteiger partial charge is 0.494 e. The zero-order chi connectivity index (χ0) is 16.0. The van der Waals surface area contributed by atoms with Crippen molar-refractivity contribution in [3.8, 4) is 5.75 Å². The lowest BCUT2D eigenvalue weighted by molar-refractivity contribution is 0.309. The average Bonchev–Trinajstić information content (AvgIpc) is 2.50. The minimum Gasteiger partial charge on any atom is -0.494 e. The second-order valence-corrected chi connectivity index (χ2v) is 7.38. The molecule has 0 fully saturated rings. The predicted octanol–water partition coefficient (Wildman–Crippen LogP) is 4.43. The molecule has 0 atom stereocenters. The van der Waals surface area contributed by atoms with Crippen LogP contribution in [0.3, 0.4) is 0 Å². The van der Waals surface area contributed by atoms with Crippen molar-refractivity contribution >= 4 is 31.6 Å². The van der Waals surface area contributed by atoms with Crippen LogP contribution in [0.2, 0.25) is 0 Å². The van der Waals surface area contributed by atoms with E-state index >= 15 is 0 Å². The summed E-state index contributed by atoms with van der Waals surface area (Å²) in [5, 5.41) is 0. The van der Waals surface area contributed by atoms with Gasteiger partial charge in [0.25, 0.3) is 10.0 Å². The normalized spacial score (nSPS) is 11.2. The Balaban J connectivity index is 2.07. The lowest BCUT2D eigenvalue weighted by Gasteiger charge is -2.09. The van der Waals surface area contributed by atoms with Gasteiger partial charge < -0.3 is 4.74 Å². The molecule has 0 aromatic heterocycles. The highest BCUT2D eigenvalue weighted by Gasteiger charge is 2.14. The smallest absolute Gasteiger partial charge is 0.261 e. The maximum Gasteiger partial charge on any atom is 0.261 e. The highest BCUT2D eigenvalue weighted by Crippen LogP contribution is 2.20. The number of unbranched alkanes of at least 4 members (excludes halogenated alkanes) is 1. The number of sulfonamides is 1. The van der Waals surface area contributed by atoms with Crippen LogP contribution in [-0.4, -0.2) is 15.0 Å². The van der Waals surface area contributed by atoms with Gasteiger partial charge in [-0.3, -0.25) is 4.72 Å². The Morgan fingerprint density at radius 3 is 2.27 bits per heavy atom. The minimum absolute atomic E-state index is 0.207. The molecule has 0 aliphatic carbocycles. The van der Waals surface area contributed by atoms with Gasteiger partial charge in [-0.05, 0) is 55.0 Å². The van der Waals surface area contributed by atoms with Crippen molar-refractivity contribution in [2.45, 2.75) is 24.7 Å². The first kappa shape index (κ1) is 16.8. The SMILES string of the molecule is CCCCOc1ccc(S(=O)(=O)Nc2ccc(Br)cc2)cc1. The topological polar surface area (TPSA) is 55.4 Å². The van der Waals surface area contributed by atoms with Crippen LogP contribution in [0.25, 0.3) is 0 Å². The lowest BCUT2D eigenvalue weighted by Crippen LogP contribution is -2.12. The van der Waals surface area contributed by atoms with Crippen LogP contribution < -0.4 is 9.46 Å². The van der Waals surface area contributed by atoms with Crippen LogP contribution >= 0.6 is 15.9 Å². The van der Waals surface area contributed by atoms with Crippen molar-refractivity contribution in [1.82, 2.24) is 0 Å². The Hall–Kier alpha value is -1.53. The van der Waals surface area contributed by atoms with Gasteiger partial charge in [-0.15, -0.1) is 0 Å². The molecule has 0 bridgehead atoms. The molecule has 22 heavy (non-hydrogen) atoms. The first-order valence-electron chi connectivity index (χ1n) is 7.02. The summed E-state index contributed by atoms with van der Waals surface area (Å²) in [4.78, 5) is 0.207. The summed E-state index contributed by atoms with van der Waals surface area (Å²) < 4.78 is 33.6. The molecule has 0 aliphatic heterocycles. The molecule has 0 saturated carbocycles. The lowest BCUT2D eigenvalue weighted by atomic mass is 10.3. The van der Waals surface area contributed by atoms with Crippen LogP contribution in [-0.2, 0) is 10.0 Å². The number of ether oxygens (including phenoxy) is 1. The Morgan fingerprint density at radius 1 is 1.05 bits per heavy atom. The molecule has 4 nitrogen and oxygen atoms in total. The molecule has 1 N–H and O–H groups in total. The van der Waals surface area contributed by atoms with E-state index in [4.69, 9.17) is 4.74 Å². The van der Waals surface area contributed by atoms with Crippen LogP contribution in [0, 0.1) is 0 Å². The van der Waals surface area contributed by atoms with E-state index in [0.29, 0.717) is 18.0 Å². The fourth-order valence-corrected chi connectivity index (χ4v) is 3.10. The summed E-state index contributed by atoms with van der Waals surface area (Å²) >= 11 is 3.31. The summed E-state index contributed by atoms with van der Waals surface area (Å²) in [7, 11) is -3.59. The predicted molar refractivity (Wildman–Crippen MR) is 91.8 cm³/mol. The summed E-state index contributed by atoms with van der Waals surface area (Å²) in [6.07, 6.45) is 2.04. The van der Waals surface area contributed by atoms with Gasteiger partial charge in [0.05, 0.1) is 11.5 Å². The van der Waals surface area contributed by atoms with Gasteiger partial charge in [0.2, 0.25) is 0 Å². The van der Waals surface area contributed by atoms with Gasteiger partial charge in [-0.2, -0.15) is 0 Å². The third-order valence-electron chi connectivity index (χ3n) is 3.00. The highest BCUT2D eigenvalue weighted by atomic mass is 79.9. The Labute approximate surface area is 139 Å². The van der Waals surface area contributed by atoms with Crippen molar-refractivity contribution in [1.29, 1.82) is 0 Å². The van der Waals surface area contributed by atoms with Crippen molar-refractivity contribution in [3.63, 3.8) is 0 Å². The maximum atomic E-state index is 12.3. The summed E-state index contributed by atoms with van der Waals surface area (Å²) in [6, 6.07) is 13.4. The van der Waals surface area contributed by atoms with E-state index in [1.54, 1.807) is 48.5 Å². The molecule has 118 valence electrons. The van der Waals surface area contributed by atoms with Crippen molar-refractivity contribution in [3.05, 3.63) is 53.0 Å². The average molecular weight is 384 g/mol. The number of nitrogens with one attached hydrogen (secondary N) is 1. The second kappa shape index (κ2) is 7.65. The van der Waals surface area contributed by atoms with Crippen LogP contribution in [0.5, 0.6) is 5.75 Å². The van der Waals surface area contributed by atoms with E-state index < -0.39 is 10.0 Å². The molecule has 0 aliphatic rings. The molecule has 0 spiro atoms. The summed E-state index contributed by atoms with van der Waals surface area (Å²) in [5.41, 5.74) is 0.520. The van der Waals surface area contributed by atoms with Crippen molar-refractivity contribution in [2.75, 3.05) is 11.3 Å². The number of hydrogen-bond acceptors (Lipinski definition) is 3. The van der Waals surface area contributed by atoms with Gasteiger partial charge in [0, 0.05) is 10.2 Å². The molecular formula is C16H18BrNO3S. The number of benzene rings is 2. The fourth-order valence-electron chi connectivity index (χ4n) is 1.78. The van der Waals surface area contributed by atoms with E-state index in [1.165, 1.54) is 0 Å². The second-order valence-electron chi connectivity index (χ2n) is 4.79. The number of halogens is 1. The Morgan fingerprint density at radius 2 is 1.68 bits per heavy atom. The van der Waals surface area contributed by atoms with Crippen LogP contribution in [0.4, 0.5) is 5.69 Å². The molecule has 0 unspecified atom stereocenters. The quantitative estimate of drug-likeness (QED) is 0.719. The first-order chi connectivity index (χ1) is 10.5. The zero-order valence-corrected chi connectivity index (χ0v) is 14.7. The molecule has 0 amide bonds. The molecule has 0 heterocycles. The van der Waals surface area contributed by atoms with Gasteiger partial charge in [0.15, 0.2) is 0 Å².